The lowest BCUT2D eigenvalue weighted by Gasteiger charge is -2.29. The average molecular weight is 578 g/mol. The Balaban J connectivity index is 1.30. The molecule has 1 heterocycles. The summed E-state index contributed by atoms with van der Waals surface area (Å²) in [7, 11) is 0. The molecule has 0 N–H and O–H groups in total. The molecule has 0 amide bonds. The van der Waals surface area contributed by atoms with E-state index < -0.39 is 0 Å². The normalized spacial score (nSPS) is 13.3. The monoisotopic (exact) mass is 577 g/mol. The Labute approximate surface area is 262 Å². The van der Waals surface area contributed by atoms with E-state index in [-0.39, 0.29) is 5.41 Å². The van der Waals surface area contributed by atoms with Crippen molar-refractivity contribution in [2.24, 2.45) is 0 Å². The van der Waals surface area contributed by atoms with Gasteiger partial charge in [-0.1, -0.05) is 123 Å². The van der Waals surface area contributed by atoms with Gasteiger partial charge in [-0.25, -0.2) is 0 Å². The molecule has 214 valence electrons. The molecule has 9 rings (SSSR count). The molecule has 1 aromatic heterocycles. The number of para-hydroxylation sites is 1. The number of nitrogens with zero attached hydrogens (tertiary/aromatic N) is 1. The third-order valence-corrected chi connectivity index (χ3v) is 9.66. The zero-order valence-electron chi connectivity index (χ0n) is 25.3. The number of fused-ring (bicyclic) bond motifs is 8. The van der Waals surface area contributed by atoms with E-state index in [1.807, 2.05) is 6.07 Å². The van der Waals surface area contributed by atoms with E-state index in [0.29, 0.717) is 0 Å². The van der Waals surface area contributed by atoms with Gasteiger partial charge in [0.05, 0.1) is 5.69 Å². The summed E-state index contributed by atoms with van der Waals surface area (Å²) < 4.78 is 6.63. The smallest absolute Gasteiger partial charge is 0.145 e. The van der Waals surface area contributed by atoms with E-state index in [9.17, 15) is 0 Å². The zero-order valence-corrected chi connectivity index (χ0v) is 25.3. The van der Waals surface area contributed by atoms with Crippen LogP contribution >= 0.6 is 0 Å². The molecule has 0 fully saturated rings. The Morgan fingerprint density at radius 1 is 0.511 bits per heavy atom. The van der Waals surface area contributed by atoms with Gasteiger partial charge < -0.3 is 9.32 Å². The molecule has 0 bridgehead atoms. The SMILES string of the molecule is CC1(C)c2ccccc2-c2ccc(N(c3ccc(-c4ccccc4)cc3)c3cccc4ccc5c6ccccc6oc5c34)cc21. The largest absolute Gasteiger partial charge is 0.455 e. The highest BCUT2D eigenvalue weighted by Crippen LogP contribution is 2.51. The zero-order chi connectivity index (χ0) is 30.1. The van der Waals surface area contributed by atoms with Gasteiger partial charge >= 0.3 is 0 Å². The predicted octanol–water partition coefficient (Wildman–Crippen LogP) is 12.2. The molecule has 8 aromatic rings. The Morgan fingerprint density at radius 3 is 2.09 bits per heavy atom. The average Bonchev–Trinajstić information content (AvgIpc) is 3.58. The first-order valence-electron chi connectivity index (χ1n) is 15.6. The van der Waals surface area contributed by atoms with E-state index in [1.165, 1.54) is 33.4 Å². The van der Waals surface area contributed by atoms with Gasteiger partial charge in [0, 0.05) is 32.9 Å². The highest BCUT2D eigenvalue weighted by Gasteiger charge is 2.35. The second-order valence-corrected chi connectivity index (χ2v) is 12.6. The van der Waals surface area contributed by atoms with Crippen molar-refractivity contribution in [3.05, 3.63) is 163 Å². The molecular weight excluding hydrogens is 546 g/mol. The van der Waals surface area contributed by atoms with E-state index in [0.717, 1.165) is 49.8 Å². The van der Waals surface area contributed by atoms with Crippen LogP contribution in [0.4, 0.5) is 17.1 Å². The molecule has 0 saturated carbocycles. The van der Waals surface area contributed by atoms with Gasteiger partial charge in [-0.3, -0.25) is 0 Å². The van der Waals surface area contributed by atoms with Crippen LogP contribution in [0.3, 0.4) is 0 Å². The van der Waals surface area contributed by atoms with Crippen molar-refractivity contribution in [3.63, 3.8) is 0 Å². The minimum Gasteiger partial charge on any atom is -0.455 e. The van der Waals surface area contributed by atoms with Crippen LogP contribution in [0, 0.1) is 0 Å². The predicted molar refractivity (Wildman–Crippen MR) is 189 cm³/mol. The first-order valence-corrected chi connectivity index (χ1v) is 15.6. The van der Waals surface area contributed by atoms with Crippen molar-refractivity contribution in [1.29, 1.82) is 0 Å². The van der Waals surface area contributed by atoms with Gasteiger partial charge in [0.2, 0.25) is 0 Å². The lowest BCUT2D eigenvalue weighted by atomic mass is 9.82. The van der Waals surface area contributed by atoms with E-state index in [1.54, 1.807) is 0 Å². The van der Waals surface area contributed by atoms with Crippen LogP contribution in [-0.4, -0.2) is 0 Å². The fourth-order valence-corrected chi connectivity index (χ4v) is 7.41. The maximum Gasteiger partial charge on any atom is 0.145 e. The number of rotatable bonds is 4. The van der Waals surface area contributed by atoms with Crippen molar-refractivity contribution >= 4 is 49.8 Å². The van der Waals surface area contributed by atoms with Crippen LogP contribution in [0.5, 0.6) is 0 Å². The van der Waals surface area contributed by atoms with Crippen molar-refractivity contribution in [1.82, 2.24) is 0 Å². The third kappa shape index (κ3) is 3.89. The Kier molecular flexibility index (Phi) is 5.58. The molecule has 2 heteroatoms. The Morgan fingerprint density at radius 2 is 1.22 bits per heavy atom. The highest BCUT2D eigenvalue weighted by atomic mass is 16.3. The minimum atomic E-state index is -0.102. The van der Waals surface area contributed by atoms with Crippen molar-refractivity contribution in [2.45, 2.75) is 19.3 Å². The topological polar surface area (TPSA) is 16.4 Å². The first kappa shape index (κ1) is 25.9. The number of furan rings is 1. The highest BCUT2D eigenvalue weighted by molar-refractivity contribution is 6.19. The van der Waals surface area contributed by atoms with Crippen LogP contribution in [0.15, 0.2) is 156 Å². The van der Waals surface area contributed by atoms with Crippen LogP contribution in [0.25, 0.3) is 55.0 Å². The molecule has 2 nitrogen and oxygen atoms in total. The molecule has 45 heavy (non-hydrogen) atoms. The Hall–Kier alpha value is -5.60. The van der Waals surface area contributed by atoms with E-state index in [2.05, 4.69) is 164 Å². The lowest BCUT2D eigenvalue weighted by Crippen LogP contribution is -2.16. The molecule has 0 atom stereocenters. The quantitative estimate of drug-likeness (QED) is 0.207. The summed E-state index contributed by atoms with van der Waals surface area (Å²) >= 11 is 0. The van der Waals surface area contributed by atoms with Gasteiger partial charge in [-0.05, 0) is 81.2 Å². The second-order valence-electron chi connectivity index (χ2n) is 12.6. The van der Waals surface area contributed by atoms with Crippen molar-refractivity contribution in [2.75, 3.05) is 4.90 Å². The number of benzene rings is 7. The summed E-state index contributed by atoms with van der Waals surface area (Å²) in [6.07, 6.45) is 0. The van der Waals surface area contributed by atoms with Gasteiger partial charge in [0.1, 0.15) is 11.2 Å². The molecule has 1 aliphatic rings. The molecule has 0 aliphatic heterocycles. The van der Waals surface area contributed by atoms with Crippen LogP contribution in [0.1, 0.15) is 25.0 Å². The van der Waals surface area contributed by atoms with Crippen LogP contribution in [0.2, 0.25) is 0 Å². The van der Waals surface area contributed by atoms with Gasteiger partial charge in [0.15, 0.2) is 0 Å². The molecule has 0 radical (unpaired) electrons. The standard InChI is InChI=1S/C43H31NO/c1-43(2)37-16-8-6-14-33(37)34-26-24-32(27-38(34)43)44(31-22-19-29(20-23-31)28-11-4-3-5-12-28)39-17-10-13-30-21-25-36-35-15-7-9-18-40(35)45-42(36)41(30)39/h3-27H,1-2H3. The Bertz CT molecular complexity index is 2400. The fraction of sp³-hybridized carbons (Fsp3) is 0.0698. The van der Waals surface area contributed by atoms with Gasteiger partial charge in [0.25, 0.3) is 0 Å². The maximum atomic E-state index is 6.63. The van der Waals surface area contributed by atoms with Crippen LogP contribution < -0.4 is 4.90 Å². The fourth-order valence-electron chi connectivity index (χ4n) is 7.41. The number of hydrogen-bond donors (Lipinski definition) is 0. The van der Waals surface area contributed by atoms with Crippen LogP contribution in [-0.2, 0) is 5.41 Å². The maximum absolute atomic E-state index is 6.63. The summed E-state index contributed by atoms with van der Waals surface area (Å²) in [4.78, 5) is 2.41. The minimum absolute atomic E-state index is 0.102. The summed E-state index contributed by atoms with van der Waals surface area (Å²) in [6.45, 7) is 4.69. The molecule has 1 aliphatic carbocycles. The summed E-state index contributed by atoms with van der Waals surface area (Å²) in [5.74, 6) is 0. The van der Waals surface area contributed by atoms with Crippen molar-refractivity contribution < 1.29 is 4.42 Å². The van der Waals surface area contributed by atoms with Gasteiger partial charge in [-0.2, -0.15) is 0 Å². The number of anilines is 3. The second kappa shape index (κ2) is 9.70. The van der Waals surface area contributed by atoms with E-state index in [4.69, 9.17) is 4.42 Å². The molecule has 0 spiro atoms. The molecule has 0 saturated heterocycles. The summed E-state index contributed by atoms with van der Waals surface area (Å²) in [5, 5.41) is 4.54. The molecule has 0 unspecified atom stereocenters. The van der Waals surface area contributed by atoms with Gasteiger partial charge in [-0.15, -0.1) is 0 Å². The molecule has 7 aromatic carbocycles. The first-order chi connectivity index (χ1) is 22.1. The third-order valence-electron chi connectivity index (χ3n) is 9.66. The lowest BCUT2D eigenvalue weighted by molar-refractivity contribution is 0.660. The number of hydrogen-bond acceptors (Lipinski definition) is 2. The molecular formula is C43H31NO. The van der Waals surface area contributed by atoms with Crippen molar-refractivity contribution in [3.8, 4) is 22.3 Å². The summed E-state index contributed by atoms with van der Waals surface area (Å²) in [5.41, 5.74) is 12.8. The van der Waals surface area contributed by atoms with E-state index >= 15 is 0 Å². The summed E-state index contributed by atoms with van der Waals surface area (Å²) in [6, 6.07) is 54.7.